The fourth-order valence-electron chi connectivity index (χ4n) is 5.60. The Hall–Kier alpha value is -4.70. The minimum Gasteiger partial charge on any atom is -0.492 e. The lowest BCUT2D eigenvalue weighted by molar-refractivity contribution is -0.274. The van der Waals surface area contributed by atoms with Crippen LogP contribution in [0.1, 0.15) is 37.3 Å². The third-order valence-electron chi connectivity index (χ3n) is 7.53. The van der Waals surface area contributed by atoms with Gasteiger partial charge in [0.2, 0.25) is 5.43 Å². The number of halogens is 7. The summed E-state index contributed by atoms with van der Waals surface area (Å²) in [6.07, 6.45) is -9.14. The summed E-state index contributed by atoms with van der Waals surface area (Å²) in [5.74, 6) is -3.35. The Morgan fingerprint density at radius 3 is 2.46 bits per heavy atom. The van der Waals surface area contributed by atoms with Crippen molar-refractivity contribution < 1.29 is 59.3 Å². The molecule has 3 aromatic rings. The lowest BCUT2D eigenvalue weighted by Gasteiger charge is -2.35. The first-order valence-corrected chi connectivity index (χ1v) is 14.7. The van der Waals surface area contributed by atoms with Crippen molar-refractivity contribution in [2.24, 2.45) is 5.92 Å². The van der Waals surface area contributed by atoms with Gasteiger partial charge in [-0.05, 0) is 61.9 Å². The van der Waals surface area contributed by atoms with Gasteiger partial charge in [0.15, 0.2) is 17.3 Å². The number of fused-ring (bicyclic) bond motifs is 1. The summed E-state index contributed by atoms with van der Waals surface area (Å²) in [7, 11) is 1.11. The molecule has 17 heteroatoms. The SMILES string of the molecule is CCOC(=O)C[C@@H]1CCCN(c2c(F)cc3c(=O)c(OC(=O)NCc4ccc(OC(F)(F)F)cc4C)cn(CC(F)(F)F)c3c2OC)C1. The normalized spacial score (nSPS) is 15.3. The van der Waals surface area contributed by atoms with Gasteiger partial charge in [-0.1, -0.05) is 6.07 Å². The number of aromatic nitrogens is 1. The smallest absolute Gasteiger partial charge is 0.492 e. The number of hydrogen-bond donors (Lipinski definition) is 1. The Bertz CT molecular complexity index is 1720. The van der Waals surface area contributed by atoms with E-state index in [1.807, 2.05) is 0 Å². The molecule has 0 unspecified atom stereocenters. The summed E-state index contributed by atoms with van der Waals surface area (Å²) in [6, 6.07) is 4.09. The third-order valence-corrected chi connectivity index (χ3v) is 7.53. The van der Waals surface area contributed by atoms with E-state index < -0.39 is 64.8 Å². The molecule has 0 bridgehead atoms. The van der Waals surface area contributed by atoms with Crippen LogP contribution in [0.15, 0.2) is 35.3 Å². The van der Waals surface area contributed by atoms with Crippen LogP contribution in [0.4, 0.5) is 41.2 Å². The maximum Gasteiger partial charge on any atom is 0.573 e. The summed E-state index contributed by atoms with van der Waals surface area (Å²) in [6.45, 7) is 1.80. The van der Waals surface area contributed by atoms with E-state index >= 15 is 4.39 Å². The predicted octanol–water partition coefficient (Wildman–Crippen LogP) is 6.38. The van der Waals surface area contributed by atoms with Crippen LogP contribution in [0.3, 0.4) is 0 Å². The van der Waals surface area contributed by atoms with Crippen molar-refractivity contribution in [3.63, 3.8) is 0 Å². The first kappa shape index (κ1) is 36.1. The molecule has 1 amide bonds. The van der Waals surface area contributed by atoms with Crippen molar-refractivity contribution >= 4 is 28.7 Å². The zero-order valence-corrected chi connectivity index (χ0v) is 26.0. The molecule has 1 fully saturated rings. The molecule has 1 N–H and O–H groups in total. The van der Waals surface area contributed by atoms with E-state index in [0.29, 0.717) is 41.3 Å². The number of pyridine rings is 1. The van der Waals surface area contributed by atoms with Crippen LogP contribution >= 0.6 is 0 Å². The van der Waals surface area contributed by atoms with Crippen molar-refractivity contribution in [2.45, 2.75) is 58.7 Å². The Morgan fingerprint density at radius 2 is 1.83 bits per heavy atom. The highest BCUT2D eigenvalue weighted by molar-refractivity contribution is 5.92. The number of rotatable bonds is 10. The van der Waals surface area contributed by atoms with E-state index in [-0.39, 0.29) is 43.5 Å². The predicted molar refractivity (Wildman–Crippen MR) is 158 cm³/mol. The number of amides is 1. The Morgan fingerprint density at radius 1 is 1.10 bits per heavy atom. The van der Waals surface area contributed by atoms with Crippen LogP contribution in [0.5, 0.6) is 17.2 Å². The molecule has 48 heavy (non-hydrogen) atoms. The van der Waals surface area contributed by atoms with E-state index in [4.69, 9.17) is 14.2 Å². The average Bonchev–Trinajstić information content (AvgIpc) is 2.97. The van der Waals surface area contributed by atoms with Gasteiger partial charge < -0.3 is 33.7 Å². The molecule has 1 aliphatic rings. The Balaban J connectivity index is 1.66. The highest BCUT2D eigenvalue weighted by atomic mass is 19.4. The molecule has 1 atom stereocenters. The van der Waals surface area contributed by atoms with Crippen LogP contribution in [0.2, 0.25) is 0 Å². The minimum atomic E-state index is -4.91. The Kier molecular flexibility index (Phi) is 11.0. The number of carbonyl (C=O) groups is 2. The first-order chi connectivity index (χ1) is 22.5. The van der Waals surface area contributed by atoms with E-state index in [2.05, 4.69) is 10.1 Å². The summed E-state index contributed by atoms with van der Waals surface area (Å²) in [4.78, 5) is 39.6. The van der Waals surface area contributed by atoms with Crippen molar-refractivity contribution in [3.8, 4) is 17.2 Å². The molecule has 0 aliphatic carbocycles. The average molecular weight is 692 g/mol. The minimum absolute atomic E-state index is 0.0563. The number of hydrogen-bond acceptors (Lipinski definition) is 8. The molecule has 1 aliphatic heterocycles. The molecule has 0 saturated carbocycles. The zero-order chi connectivity index (χ0) is 35.4. The second-order valence-electron chi connectivity index (χ2n) is 11.0. The van der Waals surface area contributed by atoms with Crippen LogP contribution < -0.4 is 29.9 Å². The second-order valence-corrected chi connectivity index (χ2v) is 11.0. The maximum absolute atomic E-state index is 15.8. The number of benzene rings is 2. The summed E-state index contributed by atoms with van der Waals surface area (Å²) < 4.78 is 115. The molecule has 1 saturated heterocycles. The van der Waals surface area contributed by atoms with Gasteiger partial charge in [-0.2, -0.15) is 13.2 Å². The van der Waals surface area contributed by atoms with Gasteiger partial charge in [0.1, 0.15) is 18.0 Å². The molecule has 2 aromatic carbocycles. The van der Waals surface area contributed by atoms with Crippen molar-refractivity contribution in [1.29, 1.82) is 0 Å². The summed E-state index contributed by atoms with van der Waals surface area (Å²) in [5.41, 5.74) is -1.05. The van der Waals surface area contributed by atoms with Gasteiger partial charge in [-0.15, -0.1) is 13.2 Å². The summed E-state index contributed by atoms with van der Waals surface area (Å²) >= 11 is 0. The molecular formula is C31H32F7N3O7. The number of carbonyl (C=O) groups excluding carboxylic acids is 2. The van der Waals surface area contributed by atoms with Crippen molar-refractivity contribution in [3.05, 3.63) is 57.6 Å². The van der Waals surface area contributed by atoms with Crippen molar-refractivity contribution in [1.82, 2.24) is 9.88 Å². The van der Waals surface area contributed by atoms with E-state index in [1.165, 1.54) is 13.0 Å². The van der Waals surface area contributed by atoms with Gasteiger partial charge in [-0.3, -0.25) is 9.59 Å². The highest BCUT2D eigenvalue weighted by Gasteiger charge is 2.34. The number of esters is 1. The topological polar surface area (TPSA) is 108 Å². The van der Waals surface area contributed by atoms with Crippen LogP contribution in [0, 0.1) is 18.7 Å². The fourth-order valence-corrected chi connectivity index (χ4v) is 5.60. The van der Waals surface area contributed by atoms with Gasteiger partial charge in [0.25, 0.3) is 0 Å². The van der Waals surface area contributed by atoms with Gasteiger partial charge in [0, 0.05) is 19.6 Å². The molecule has 0 spiro atoms. The third kappa shape index (κ3) is 9.01. The molecule has 10 nitrogen and oxygen atoms in total. The van der Waals surface area contributed by atoms with Gasteiger partial charge >= 0.3 is 24.6 Å². The molecule has 2 heterocycles. The maximum atomic E-state index is 15.8. The molecule has 0 radical (unpaired) electrons. The molecule has 262 valence electrons. The van der Waals surface area contributed by atoms with E-state index in [0.717, 1.165) is 25.3 Å². The number of alkyl halides is 6. The number of nitrogens with zero attached hydrogens (tertiary/aromatic N) is 2. The second kappa shape index (κ2) is 14.6. The van der Waals surface area contributed by atoms with Crippen molar-refractivity contribution in [2.75, 3.05) is 31.7 Å². The van der Waals surface area contributed by atoms with Crippen LogP contribution in [-0.4, -0.2) is 56.0 Å². The number of piperidine rings is 1. The quantitative estimate of drug-likeness (QED) is 0.193. The Labute approximate surface area is 269 Å². The highest BCUT2D eigenvalue weighted by Crippen LogP contribution is 2.41. The molecule has 1 aromatic heterocycles. The molecule has 4 rings (SSSR count). The number of aryl methyl sites for hydroxylation is 1. The standard InChI is InChI=1S/C31H32F7N3O7/c1-4-46-24(42)11-18-6-5-9-40(14-18)26-22(32)12-21-25(28(26)45-3)41(16-30(33,34)35)15-23(27(21)43)47-29(44)39-13-19-7-8-20(10-17(19)2)48-31(36,37)38/h7-8,10,12,15,18H,4-6,9,11,13-14,16H2,1-3H3,(H,39,44)/t18-/m0/s1. The molecular weight excluding hydrogens is 659 g/mol. The van der Waals surface area contributed by atoms with Crippen LogP contribution in [-0.2, 0) is 22.6 Å². The van der Waals surface area contributed by atoms with E-state index in [1.54, 1.807) is 11.8 Å². The lowest BCUT2D eigenvalue weighted by atomic mass is 9.94. The van der Waals surface area contributed by atoms with Gasteiger partial charge in [0.05, 0.1) is 37.2 Å². The monoisotopic (exact) mass is 691 g/mol. The van der Waals surface area contributed by atoms with E-state index in [9.17, 15) is 40.7 Å². The van der Waals surface area contributed by atoms with Gasteiger partial charge in [-0.25, -0.2) is 9.18 Å². The summed E-state index contributed by atoms with van der Waals surface area (Å²) in [5, 5.41) is 1.72. The number of nitrogens with one attached hydrogen (secondary N) is 1. The van der Waals surface area contributed by atoms with Crippen LogP contribution in [0.25, 0.3) is 10.9 Å². The lowest BCUT2D eigenvalue weighted by Crippen LogP contribution is -2.37. The fraction of sp³-hybridized carbons (Fsp3) is 0.452. The number of methoxy groups -OCH3 is 1. The largest absolute Gasteiger partial charge is 0.573 e. The number of anilines is 1. The number of ether oxygens (including phenoxy) is 4. The zero-order valence-electron chi connectivity index (χ0n) is 26.0. The first-order valence-electron chi connectivity index (χ1n) is 14.7.